The largest absolute Gasteiger partial charge is 0.206 e. The van der Waals surface area contributed by atoms with E-state index in [9.17, 15) is 4.39 Å². The number of allylic oxidation sites excluding steroid dienone is 3. The van der Waals surface area contributed by atoms with Gasteiger partial charge in [-0.3, -0.25) is 0 Å². The van der Waals surface area contributed by atoms with Crippen molar-refractivity contribution in [2.75, 3.05) is 0 Å². The topological polar surface area (TPSA) is 0 Å². The normalized spacial score (nSPS) is 21.1. The summed E-state index contributed by atoms with van der Waals surface area (Å²) in [6.45, 7) is 2.16. The number of rotatable bonds is 5. The summed E-state index contributed by atoms with van der Waals surface area (Å²) >= 11 is 0. The molecule has 1 aromatic rings. The van der Waals surface area contributed by atoms with E-state index in [1.165, 1.54) is 75.3 Å². The number of hydrogen-bond acceptors (Lipinski definition) is 0. The van der Waals surface area contributed by atoms with Gasteiger partial charge >= 0.3 is 0 Å². The summed E-state index contributed by atoms with van der Waals surface area (Å²) in [6, 6.07) is 6.00. The molecule has 1 aromatic carbocycles. The van der Waals surface area contributed by atoms with E-state index >= 15 is 0 Å². The van der Waals surface area contributed by atoms with Crippen LogP contribution < -0.4 is 0 Å². The number of hydrogen-bond donors (Lipinski definition) is 0. The van der Waals surface area contributed by atoms with Crippen molar-refractivity contribution < 1.29 is 4.39 Å². The second-order valence-electron chi connectivity index (χ2n) is 7.91. The van der Waals surface area contributed by atoms with Crippen molar-refractivity contribution in [1.82, 2.24) is 0 Å². The quantitative estimate of drug-likeness (QED) is 0.480. The highest BCUT2D eigenvalue weighted by Crippen LogP contribution is 2.35. The Morgan fingerprint density at radius 3 is 2.32 bits per heavy atom. The van der Waals surface area contributed by atoms with Crippen LogP contribution in [0.15, 0.2) is 35.9 Å². The van der Waals surface area contributed by atoms with Gasteiger partial charge in [-0.25, -0.2) is 4.39 Å². The molecule has 0 aromatic heterocycles. The molecule has 2 fully saturated rings. The predicted octanol–water partition coefficient (Wildman–Crippen LogP) is 7.80. The molecule has 0 spiro atoms. The molecule has 0 amide bonds. The summed E-state index contributed by atoms with van der Waals surface area (Å²) in [4.78, 5) is 0. The molecule has 1 heteroatoms. The molecule has 0 nitrogen and oxygen atoms in total. The van der Waals surface area contributed by atoms with Crippen molar-refractivity contribution in [2.24, 2.45) is 5.92 Å². The second-order valence-corrected chi connectivity index (χ2v) is 7.91. The van der Waals surface area contributed by atoms with Crippen LogP contribution in [0.25, 0.3) is 6.08 Å². The van der Waals surface area contributed by atoms with Crippen LogP contribution in [0.1, 0.15) is 94.6 Å². The van der Waals surface area contributed by atoms with Crippen LogP contribution in [-0.2, 0) is 0 Å². The Morgan fingerprint density at radius 2 is 1.68 bits per heavy atom. The Balaban J connectivity index is 1.81. The van der Waals surface area contributed by atoms with Crippen molar-refractivity contribution in [3.8, 4) is 0 Å². The first-order valence-electron chi connectivity index (χ1n) is 10.5. The van der Waals surface area contributed by atoms with Gasteiger partial charge in [0.05, 0.1) is 0 Å². The third-order valence-corrected chi connectivity index (χ3v) is 6.05. The summed E-state index contributed by atoms with van der Waals surface area (Å²) in [7, 11) is 0. The first kappa shape index (κ1) is 18.4. The zero-order valence-corrected chi connectivity index (χ0v) is 15.8. The highest BCUT2D eigenvalue weighted by Gasteiger charge is 2.18. The van der Waals surface area contributed by atoms with Crippen molar-refractivity contribution in [2.45, 2.75) is 83.5 Å². The average molecular weight is 341 g/mol. The van der Waals surface area contributed by atoms with E-state index in [0.717, 1.165) is 12.0 Å². The van der Waals surface area contributed by atoms with E-state index in [1.54, 1.807) is 0 Å². The monoisotopic (exact) mass is 340 g/mol. The molecule has 3 rings (SSSR count). The van der Waals surface area contributed by atoms with E-state index in [0.29, 0.717) is 11.8 Å². The smallest absolute Gasteiger partial charge is 0.130 e. The number of halogens is 1. The van der Waals surface area contributed by atoms with Gasteiger partial charge in [0.1, 0.15) is 5.82 Å². The van der Waals surface area contributed by atoms with Crippen LogP contribution in [0.5, 0.6) is 0 Å². The zero-order chi connectivity index (χ0) is 17.5. The molecular formula is C24H33F. The van der Waals surface area contributed by atoms with Crippen LogP contribution in [0.2, 0.25) is 0 Å². The van der Waals surface area contributed by atoms with E-state index in [2.05, 4.69) is 31.2 Å². The van der Waals surface area contributed by atoms with Gasteiger partial charge in [0.25, 0.3) is 0 Å². The molecule has 2 aliphatic carbocycles. The molecule has 0 bridgehead atoms. The summed E-state index contributed by atoms with van der Waals surface area (Å²) < 4.78 is 14.8. The van der Waals surface area contributed by atoms with E-state index in [1.807, 2.05) is 12.1 Å². The minimum Gasteiger partial charge on any atom is -0.206 e. The standard InChI is InChI=1S/C24H33F/c1-2-3-10-21(19-11-6-4-7-12-19)17-23-16-15-22(18-24(23)25)20-13-8-5-9-14-20/h3,10,15-20H,2,4-9,11-14H2,1H3/b10-3-,21-17+. The third-order valence-electron chi connectivity index (χ3n) is 6.05. The third kappa shape index (κ3) is 5.06. The van der Waals surface area contributed by atoms with Crippen LogP contribution in [-0.4, -0.2) is 0 Å². The van der Waals surface area contributed by atoms with Gasteiger partial charge in [-0.2, -0.15) is 0 Å². The fourth-order valence-corrected chi connectivity index (χ4v) is 4.52. The Morgan fingerprint density at radius 1 is 1.00 bits per heavy atom. The zero-order valence-electron chi connectivity index (χ0n) is 15.8. The summed E-state index contributed by atoms with van der Waals surface area (Å²) in [5, 5.41) is 0. The van der Waals surface area contributed by atoms with Gasteiger partial charge in [-0.05, 0) is 67.2 Å². The Bertz CT molecular complexity index is 599. The predicted molar refractivity (Wildman–Crippen MR) is 106 cm³/mol. The SMILES string of the molecule is CC/C=C\C(=C/c1ccc(C2CCCCC2)cc1F)C1CCCCC1. The Labute approximate surface area is 153 Å². The lowest BCUT2D eigenvalue weighted by atomic mass is 9.82. The van der Waals surface area contributed by atoms with Crippen molar-refractivity contribution in [3.05, 3.63) is 52.9 Å². The van der Waals surface area contributed by atoms with Gasteiger partial charge in [-0.1, -0.05) is 69.7 Å². The number of benzene rings is 1. The molecule has 0 unspecified atom stereocenters. The summed E-state index contributed by atoms with van der Waals surface area (Å²) in [6.07, 6.45) is 20.5. The van der Waals surface area contributed by atoms with Gasteiger partial charge in [0.15, 0.2) is 0 Å². The van der Waals surface area contributed by atoms with Crippen molar-refractivity contribution in [3.63, 3.8) is 0 Å². The van der Waals surface area contributed by atoms with Gasteiger partial charge in [0, 0.05) is 5.56 Å². The van der Waals surface area contributed by atoms with E-state index in [-0.39, 0.29) is 5.82 Å². The Hall–Kier alpha value is -1.37. The minimum atomic E-state index is -0.0405. The fraction of sp³-hybridized carbons (Fsp3) is 0.583. The van der Waals surface area contributed by atoms with Crippen molar-refractivity contribution in [1.29, 1.82) is 0 Å². The molecule has 0 atom stereocenters. The maximum atomic E-state index is 14.8. The Kier molecular flexibility index (Phi) is 6.90. The molecule has 2 saturated carbocycles. The fourth-order valence-electron chi connectivity index (χ4n) is 4.52. The molecule has 0 aliphatic heterocycles. The molecule has 0 N–H and O–H groups in total. The first-order valence-corrected chi connectivity index (χ1v) is 10.5. The van der Waals surface area contributed by atoms with Crippen LogP contribution in [0.4, 0.5) is 4.39 Å². The molecule has 0 heterocycles. The van der Waals surface area contributed by atoms with E-state index < -0.39 is 0 Å². The molecule has 136 valence electrons. The lowest BCUT2D eigenvalue weighted by Gasteiger charge is -2.24. The lowest BCUT2D eigenvalue weighted by molar-refractivity contribution is 0.409. The summed E-state index contributed by atoms with van der Waals surface area (Å²) in [5.74, 6) is 1.13. The van der Waals surface area contributed by atoms with Crippen molar-refractivity contribution >= 4 is 6.08 Å². The average Bonchev–Trinajstić information content (AvgIpc) is 2.67. The van der Waals surface area contributed by atoms with Gasteiger partial charge in [-0.15, -0.1) is 0 Å². The van der Waals surface area contributed by atoms with E-state index in [4.69, 9.17) is 0 Å². The molecule has 0 radical (unpaired) electrons. The second kappa shape index (κ2) is 9.36. The van der Waals surface area contributed by atoms with Crippen LogP contribution in [0.3, 0.4) is 0 Å². The van der Waals surface area contributed by atoms with Crippen LogP contribution >= 0.6 is 0 Å². The highest BCUT2D eigenvalue weighted by molar-refractivity contribution is 5.58. The van der Waals surface area contributed by atoms with Crippen LogP contribution in [0, 0.1) is 11.7 Å². The first-order chi connectivity index (χ1) is 12.3. The highest BCUT2D eigenvalue weighted by atomic mass is 19.1. The summed E-state index contributed by atoms with van der Waals surface area (Å²) in [5.41, 5.74) is 3.30. The maximum absolute atomic E-state index is 14.8. The lowest BCUT2D eigenvalue weighted by Crippen LogP contribution is -2.08. The molecule has 25 heavy (non-hydrogen) atoms. The maximum Gasteiger partial charge on any atom is 0.130 e. The van der Waals surface area contributed by atoms with Gasteiger partial charge < -0.3 is 0 Å². The van der Waals surface area contributed by atoms with Gasteiger partial charge in [0.2, 0.25) is 0 Å². The molecular weight excluding hydrogens is 307 g/mol. The molecule has 2 aliphatic rings. The minimum absolute atomic E-state index is 0.0405. The molecule has 0 saturated heterocycles.